The molecule has 0 fully saturated rings. The van der Waals surface area contributed by atoms with Crippen LogP contribution in [-0.2, 0) is 18.4 Å². The van der Waals surface area contributed by atoms with Crippen molar-refractivity contribution in [1.82, 2.24) is 4.90 Å². The fourth-order valence-corrected chi connectivity index (χ4v) is 4.10. The van der Waals surface area contributed by atoms with E-state index in [1.165, 1.54) is 0 Å². The molecule has 1 heterocycles. The lowest BCUT2D eigenvalue weighted by Gasteiger charge is -2.44. The van der Waals surface area contributed by atoms with Gasteiger partial charge in [0.2, 0.25) is 0 Å². The van der Waals surface area contributed by atoms with Gasteiger partial charge in [-0.15, -0.1) is 0 Å². The summed E-state index contributed by atoms with van der Waals surface area (Å²) in [4.78, 5) is 15.1. The van der Waals surface area contributed by atoms with Gasteiger partial charge in [-0.2, -0.15) is 5.26 Å². The maximum absolute atomic E-state index is 13.4. The van der Waals surface area contributed by atoms with Crippen LogP contribution in [0.4, 0.5) is 0 Å². The predicted molar refractivity (Wildman–Crippen MR) is 110 cm³/mol. The fraction of sp³-hybridized carbons (Fsp3) is 0.167. The van der Waals surface area contributed by atoms with Crippen LogP contribution in [0.3, 0.4) is 0 Å². The third-order valence-corrected chi connectivity index (χ3v) is 5.60. The molecule has 0 radical (unpaired) electrons. The van der Waals surface area contributed by atoms with Gasteiger partial charge >= 0.3 is 0 Å². The number of amides is 1. The van der Waals surface area contributed by atoms with Crippen molar-refractivity contribution in [3.63, 3.8) is 0 Å². The Morgan fingerprint density at radius 2 is 1.68 bits per heavy atom. The van der Waals surface area contributed by atoms with E-state index in [1.807, 2.05) is 66.7 Å². The minimum atomic E-state index is -1.06. The average Bonchev–Trinajstić information content (AvgIpc) is 2.75. The van der Waals surface area contributed by atoms with Crippen LogP contribution in [0.1, 0.15) is 27.0 Å². The maximum Gasteiger partial charge on any atom is 0.255 e. The van der Waals surface area contributed by atoms with Gasteiger partial charge in [-0.25, -0.2) is 0 Å². The summed E-state index contributed by atoms with van der Waals surface area (Å²) in [6, 6.07) is 27.1. The number of rotatable bonds is 3. The van der Waals surface area contributed by atoms with Crippen molar-refractivity contribution in [2.45, 2.75) is 18.4 Å². The van der Waals surface area contributed by atoms with E-state index in [-0.39, 0.29) is 5.91 Å². The number of hydrogen-bond acceptors (Lipinski definition) is 2. The van der Waals surface area contributed by atoms with Crippen LogP contribution in [-0.4, -0.2) is 17.4 Å². The first-order valence-corrected chi connectivity index (χ1v) is 9.63. The molecule has 1 aliphatic heterocycles. The molecule has 1 unspecified atom stereocenters. The van der Waals surface area contributed by atoms with Crippen LogP contribution in [0.5, 0.6) is 0 Å². The Balaban J connectivity index is 1.84. The van der Waals surface area contributed by atoms with Crippen LogP contribution in [0, 0.1) is 11.3 Å². The molecule has 3 nitrogen and oxygen atoms in total. The summed E-state index contributed by atoms with van der Waals surface area (Å²) in [7, 11) is 0. The Bertz CT molecular complexity index is 1040. The molecule has 0 bridgehead atoms. The monoisotopic (exact) mass is 386 g/mol. The second kappa shape index (κ2) is 7.50. The Labute approximate surface area is 169 Å². The number of hydrogen-bond donors (Lipinski definition) is 0. The molecule has 1 atom stereocenters. The largest absolute Gasteiger partial charge is 0.315 e. The van der Waals surface area contributed by atoms with Crippen molar-refractivity contribution in [2.24, 2.45) is 0 Å². The number of nitriles is 1. The normalized spacial score (nSPS) is 18.2. The lowest BCUT2D eigenvalue weighted by atomic mass is 9.77. The minimum absolute atomic E-state index is 0.120. The Kier molecular flexibility index (Phi) is 4.90. The van der Waals surface area contributed by atoms with Crippen LogP contribution in [0.15, 0.2) is 78.9 Å². The van der Waals surface area contributed by atoms with Crippen LogP contribution >= 0.6 is 11.6 Å². The summed E-state index contributed by atoms with van der Waals surface area (Å²) in [5, 5.41) is 11.0. The lowest BCUT2D eigenvalue weighted by molar-refractivity contribution is 0.0551. The maximum atomic E-state index is 13.4. The van der Waals surface area contributed by atoms with Crippen LogP contribution in [0.25, 0.3) is 0 Å². The van der Waals surface area contributed by atoms with Crippen LogP contribution in [0.2, 0.25) is 5.02 Å². The van der Waals surface area contributed by atoms with Crippen LogP contribution < -0.4 is 0 Å². The molecule has 4 rings (SSSR count). The topological polar surface area (TPSA) is 44.1 Å². The summed E-state index contributed by atoms with van der Waals surface area (Å²) >= 11 is 6.03. The standard InChI is InChI=1S/C24H19ClN2O/c25-21-12-10-18(11-13-21)16-24(17-26)22-9-5-4-6-19(22)14-15-27(24)23(28)20-7-2-1-3-8-20/h1-13H,14-16H2. The predicted octanol–water partition coefficient (Wildman–Crippen LogP) is 5.00. The second-order valence-corrected chi connectivity index (χ2v) is 7.44. The summed E-state index contributed by atoms with van der Waals surface area (Å²) in [6.45, 7) is 0.506. The number of nitrogens with zero attached hydrogens (tertiary/aromatic N) is 2. The van der Waals surface area contributed by atoms with Crippen molar-refractivity contribution >= 4 is 17.5 Å². The number of halogens is 1. The molecule has 0 saturated heterocycles. The smallest absolute Gasteiger partial charge is 0.255 e. The molecule has 1 aliphatic rings. The molecule has 0 spiro atoms. The van der Waals surface area contributed by atoms with Gasteiger partial charge in [0.25, 0.3) is 5.91 Å². The molecule has 138 valence electrons. The number of fused-ring (bicyclic) bond motifs is 1. The van der Waals surface area contributed by atoms with E-state index < -0.39 is 5.54 Å². The van der Waals surface area contributed by atoms with E-state index >= 15 is 0 Å². The average molecular weight is 387 g/mol. The van der Waals surface area contributed by atoms with E-state index in [1.54, 1.807) is 17.0 Å². The van der Waals surface area contributed by atoms with Crippen molar-refractivity contribution in [3.8, 4) is 6.07 Å². The first-order valence-electron chi connectivity index (χ1n) is 9.25. The highest BCUT2D eigenvalue weighted by Gasteiger charge is 2.45. The Morgan fingerprint density at radius 3 is 2.39 bits per heavy atom. The zero-order chi connectivity index (χ0) is 19.6. The molecule has 0 aromatic heterocycles. The lowest BCUT2D eigenvalue weighted by Crippen LogP contribution is -2.54. The van der Waals surface area contributed by atoms with E-state index in [2.05, 4.69) is 6.07 Å². The highest BCUT2D eigenvalue weighted by molar-refractivity contribution is 6.30. The highest BCUT2D eigenvalue weighted by atomic mass is 35.5. The van der Waals surface area contributed by atoms with E-state index in [0.717, 1.165) is 23.1 Å². The molecule has 0 N–H and O–H groups in total. The molecule has 3 aromatic carbocycles. The third kappa shape index (κ3) is 3.17. The van der Waals surface area contributed by atoms with E-state index in [4.69, 9.17) is 11.6 Å². The van der Waals surface area contributed by atoms with Gasteiger partial charge in [0.05, 0.1) is 6.07 Å². The van der Waals surface area contributed by atoms with E-state index in [9.17, 15) is 10.1 Å². The second-order valence-electron chi connectivity index (χ2n) is 7.01. The van der Waals surface area contributed by atoms with Crippen molar-refractivity contribution in [1.29, 1.82) is 5.26 Å². The summed E-state index contributed by atoms with van der Waals surface area (Å²) in [5.74, 6) is -0.120. The van der Waals surface area contributed by atoms with Gasteiger partial charge in [0.1, 0.15) is 0 Å². The zero-order valence-electron chi connectivity index (χ0n) is 15.3. The number of benzene rings is 3. The quantitative estimate of drug-likeness (QED) is 0.635. The summed E-state index contributed by atoms with van der Waals surface area (Å²) in [6.07, 6.45) is 1.15. The molecular weight excluding hydrogens is 368 g/mol. The molecule has 4 heteroatoms. The zero-order valence-corrected chi connectivity index (χ0v) is 16.1. The molecule has 28 heavy (non-hydrogen) atoms. The summed E-state index contributed by atoms with van der Waals surface area (Å²) in [5.41, 5.74) is 2.53. The molecule has 1 amide bonds. The van der Waals surface area contributed by atoms with Crippen molar-refractivity contribution < 1.29 is 4.79 Å². The third-order valence-electron chi connectivity index (χ3n) is 5.35. The summed E-state index contributed by atoms with van der Waals surface area (Å²) < 4.78 is 0. The molecule has 0 saturated carbocycles. The minimum Gasteiger partial charge on any atom is -0.315 e. The van der Waals surface area contributed by atoms with Gasteiger partial charge in [-0.3, -0.25) is 4.79 Å². The number of carbonyl (C=O) groups excluding carboxylic acids is 1. The number of carbonyl (C=O) groups is 1. The van der Waals surface area contributed by atoms with Crippen molar-refractivity contribution in [2.75, 3.05) is 6.54 Å². The van der Waals surface area contributed by atoms with Crippen molar-refractivity contribution in [3.05, 3.63) is 106 Å². The first kappa shape index (κ1) is 18.3. The Morgan fingerprint density at radius 1 is 1.00 bits per heavy atom. The fourth-order valence-electron chi connectivity index (χ4n) is 3.97. The SMILES string of the molecule is N#CC1(Cc2ccc(Cl)cc2)c2ccccc2CCN1C(=O)c1ccccc1. The highest BCUT2D eigenvalue weighted by Crippen LogP contribution is 2.39. The van der Waals surface area contributed by atoms with Gasteiger partial charge in [0, 0.05) is 23.6 Å². The van der Waals surface area contributed by atoms with E-state index in [0.29, 0.717) is 23.6 Å². The van der Waals surface area contributed by atoms with Gasteiger partial charge in [0.15, 0.2) is 5.54 Å². The Hall–Kier alpha value is -3.09. The molecular formula is C24H19ClN2O. The van der Waals surface area contributed by atoms with Gasteiger partial charge in [-0.1, -0.05) is 66.2 Å². The first-order chi connectivity index (χ1) is 13.6. The van der Waals surface area contributed by atoms with Gasteiger partial charge in [-0.05, 0) is 47.4 Å². The molecule has 0 aliphatic carbocycles. The van der Waals surface area contributed by atoms with Gasteiger partial charge < -0.3 is 4.90 Å². The molecule has 3 aromatic rings.